The number of hydrogen-bond acceptors (Lipinski definition) is 8. The highest BCUT2D eigenvalue weighted by molar-refractivity contribution is 7.91. The van der Waals surface area contributed by atoms with E-state index in [1.807, 2.05) is 13.0 Å². The van der Waals surface area contributed by atoms with E-state index in [1.165, 1.54) is 17.5 Å². The highest BCUT2D eigenvalue weighted by Gasteiger charge is 2.74. The van der Waals surface area contributed by atoms with Gasteiger partial charge in [-0.3, -0.25) is 4.79 Å². The molecular formula is C42H47F2NO7S2. The van der Waals surface area contributed by atoms with E-state index >= 15 is 0 Å². The van der Waals surface area contributed by atoms with Crippen LogP contribution in [0, 0.1) is 45.1 Å². The first kappa shape index (κ1) is 37.5. The summed E-state index contributed by atoms with van der Waals surface area (Å²) in [5, 5.41) is 25.8. The molecule has 1 heterocycles. The number of rotatable bonds is 10. The molecule has 12 heteroatoms. The maximum atomic E-state index is 14.7. The molecule has 6 aliphatic carbocycles. The van der Waals surface area contributed by atoms with Gasteiger partial charge in [0.05, 0.1) is 25.9 Å². The number of methoxy groups -OCH3 is 2. The van der Waals surface area contributed by atoms with E-state index in [-0.39, 0.29) is 40.1 Å². The first-order chi connectivity index (χ1) is 25.6. The Morgan fingerprint density at radius 3 is 2.39 bits per heavy atom. The molecule has 2 N–H and O–H groups in total. The van der Waals surface area contributed by atoms with Gasteiger partial charge < -0.3 is 19.7 Å². The van der Waals surface area contributed by atoms with Gasteiger partial charge in [-0.15, -0.1) is 11.3 Å². The zero-order valence-corrected chi connectivity index (χ0v) is 32.6. The fourth-order valence-corrected chi connectivity index (χ4v) is 14.2. The molecule has 1 aromatic heterocycles. The molecule has 2 aromatic carbocycles. The minimum absolute atomic E-state index is 0.0355. The number of carbonyl (C=O) groups excluding carboxylic acids is 1. The fourth-order valence-electron chi connectivity index (χ4n) is 11.6. The highest BCUT2D eigenvalue weighted by atomic mass is 32.2. The summed E-state index contributed by atoms with van der Waals surface area (Å²) in [6.45, 7) is 4.05. The lowest BCUT2D eigenvalue weighted by molar-refractivity contribution is -0.173. The van der Waals surface area contributed by atoms with Gasteiger partial charge in [0, 0.05) is 52.1 Å². The topological polar surface area (TPSA) is 113 Å². The molecule has 0 radical (unpaired) electrons. The van der Waals surface area contributed by atoms with Crippen LogP contribution in [-0.4, -0.2) is 61.2 Å². The number of benzene rings is 2. The Labute approximate surface area is 319 Å². The van der Waals surface area contributed by atoms with Crippen LogP contribution in [0.4, 0.5) is 8.78 Å². The smallest absolute Gasteiger partial charge is 0.252 e. The molecule has 8 atom stereocenters. The Balaban J connectivity index is 1.23. The summed E-state index contributed by atoms with van der Waals surface area (Å²) in [6.07, 6.45) is 9.67. The lowest BCUT2D eigenvalue weighted by Gasteiger charge is -2.71. The Morgan fingerprint density at radius 1 is 0.944 bits per heavy atom. The molecule has 3 saturated carbocycles. The second-order valence-corrected chi connectivity index (χ2v) is 19.8. The van der Waals surface area contributed by atoms with Crippen molar-refractivity contribution in [3.8, 4) is 11.5 Å². The Kier molecular flexibility index (Phi) is 8.89. The summed E-state index contributed by atoms with van der Waals surface area (Å²) >= 11 is 1.11. The molecule has 3 aromatic rings. The normalized spacial score (nSPS) is 35.3. The molecule has 2 spiro atoms. The zero-order valence-electron chi connectivity index (χ0n) is 31.0. The third-order valence-electron chi connectivity index (χ3n) is 14.5. The van der Waals surface area contributed by atoms with Crippen molar-refractivity contribution in [3.05, 3.63) is 100 Å². The van der Waals surface area contributed by atoms with Crippen molar-refractivity contribution in [1.29, 1.82) is 0 Å². The van der Waals surface area contributed by atoms with E-state index < -0.39 is 55.4 Å². The van der Waals surface area contributed by atoms with Crippen LogP contribution in [0.2, 0.25) is 0 Å². The number of ketones is 1. The summed E-state index contributed by atoms with van der Waals surface area (Å²) in [4.78, 5) is 14.7. The third-order valence-corrected chi connectivity index (χ3v) is 17.7. The monoisotopic (exact) mass is 779 g/mol. The van der Waals surface area contributed by atoms with Crippen molar-refractivity contribution in [2.75, 3.05) is 20.8 Å². The van der Waals surface area contributed by atoms with Crippen molar-refractivity contribution in [1.82, 2.24) is 4.31 Å². The van der Waals surface area contributed by atoms with Gasteiger partial charge in [-0.2, -0.15) is 4.31 Å². The predicted molar refractivity (Wildman–Crippen MR) is 201 cm³/mol. The number of Topliss-reactive ketones (excluding diaryl/α,β-unsaturated/α-hetero) is 1. The number of halogens is 2. The van der Waals surface area contributed by atoms with Crippen molar-refractivity contribution >= 4 is 27.1 Å². The van der Waals surface area contributed by atoms with Crippen LogP contribution in [0.3, 0.4) is 0 Å². The number of fused-ring (bicyclic) bond motifs is 1. The number of hydrogen-bond donors (Lipinski definition) is 2. The number of aliphatic hydroxyl groups excluding tert-OH is 1. The largest absolute Gasteiger partial charge is 0.497 e. The second kappa shape index (κ2) is 12.8. The fraction of sp³-hybridized carbons (Fsp3) is 0.500. The number of carbonyl (C=O) groups is 1. The van der Waals surface area contributed by atoms with E-state index in [0.29, 0.717) is 61.2 Å². The highest BCUT2D eigenvalue weighted by Crippen LogP contribution is 2.78. The molecule has 9 rings (SSSR count). The van der Waals surface area contributed by atoms with Crippen molar-refractivity contribution in [2.45, 2.75) is 81.3 Å². The van der Waals surface area contributed by atoms with Crippen LogP contribution in [0.1, 0.15) is 74.7 Å². The molecular weight excluding hydrogens is 733 g/mol. The lowest BCUT2D eigenvalue weighted by Crippen LogP contribution is -2.67. The van der Waals surface area contributed by atoms with Gasteiger partial charge in [0.15, 0.2) is 17.4 Å². The SMILES string of the molecule is COc1ccc(CN(CC2(O)CCC3C45C=CC6(C=C4C(=O)c4ccc(F)c(F)c4)CC(O)CCC6(C)C5CCC32C)S(=O)(=O)c2cccs2)c(OC)c1. The van der Waals surface area contributed by atoms with Crippen LogP contribution in [0.15, 0.2) is 81.9 Å². The molecule has 8 nitrogen and oxygen atoms in total. The molecule has 6 aliphatic rings. The molecule has 8 unspecified atom stereocenters. The van der Waals surface area contributed by atoms with Crippen molar-refractivity contribution in [3.63, 3.8) is 0 Å². The van der Waals surface area contributed by atoms with Gasteiger partial charge in [-0.1, -0.05) is 44.2 Å². The third kappa shape index (κ3) is 5.19. The minimum atomic E-state index is -4.09. The standard InChI is InChI=1S/C42H47F2NO7S2/c1-38-14-11-28(46)22-40(38)17-18-42(30(23-40)37(47)26-8-10-31(43)32(44)20-26)34(38)12-15-39(2)35(42)13-16-41(39,48)25-45(54(49,50)36-6-5-19-53-36)24-27-7-9-29(51-3)21-33(27)52-4/h5-10,17-21,23,28,34-35,46,48H,11-16,22,24-25H2,1-4H3. The second-order valence-electron chi connectivity index (χ2n) is 16.7. The van der Waals surface area contributed by atoms with Gasteiger partial charge >= 0.3 is 0 Å². The molecule has 0 amide bonds. The summed E-state index contributed by atoms with van der Waals surface area (Å²) in [5.74, 6) is -1.84. The summed E-state index contributed by atoms with van der Waals surface area (Å²) < 4.78 is 70.2. The van der Waals surface area contributed by atoms with E-state index in [1.54, 1.807) is 42.8 Å². The lowest BCUT2D eigenvalue weighted by atomic mass is 9.32. The average molecular weight is 780 g/mol. The summed E-state index contributed by atoms with van der Waals surface area (Å²) in [6, 6.07) is 11.7. The molecule has 54 heavy (non-hydrogen) atoms. The zero-order chi connectivity index (χ0) is 38.5. The number of nitrogens with zero attached hydrogens (tertiary/aromatic N) is 1. The summed E-state index contributed by atoms with van der Waals surface area (Å²) in [5.41, 5.74) is -2.97. The molecule has 0 saturated heterocycles. The number of allylic oxidation sites excluding steroid dienone is 4. The molecule has 2 bridgehead atoms. The van der Waals surface area contributed by atoms with Gasteiger partial charge in [0.2, 0.25) is 0 Å². The first-order valence-electron chi connectivity index (χ1n) is 18.7. The van der Waals surface area contributed by atoms with E-state index in [2.05, 4.69) is 19.1 Å². The summed E-state index contributed by atoms with van der Waals surface area (Å²) in [7, 11) is -1.03. The Hall–Kier alpha value is -3.42. The Morgan fingerprint density at radius 2 is 1.69 bits per heavy atom. The van der Waals surface area contributed by atoms with Crippen LogP contribution in [-0.2, 0) is 16.6 Å². The van der Waals surface area contributed by atoms with Crippen molar-refractivity contribution < 1.29 is 41.7 Å². The number of sulfonamides is 1. The van der Waals surface area contributed by atoms with Crippen LogP contribution >= 0.6 is 11.3 Å². The Bertz CT molecular complexity index is 2170. The maximum Gasteiger partial charge on any atom is 0.252 e. The number of thiophene rings is 1. The quantitative estimate of drug-likeness (QED) is 0.160. The predicted octanol–water partition coefficient (Wildman–Crippen LogP) is 7.71. The van der Waals surface area contributed by atoms with Crippen LogP contribution in [0.5, 0.6) is 11.5 Å². The van der Waals surface area contributed by atoms with Crippen LogP contribution in [0.25, 0.3) is 0 Å². The molecule has 0 aliphatic heterocycles. The van der Waals surface area contributed by atoms with Crippen molar-refractivity contribution in [2.24, 2.45) is 33.5 Å². The number of aliphatic hydroxyl groups is 2. The molecule has 3 fully saturated rings. The van der Waals surface area contributed by atoms with Gasteiger partial charge in [0.1, 0.15) is 15.7 Å². The van der Waals surface area contributed by atoms with E-state index in [9.17, 15) is 32.2 Å². The average Bonchev–Trinajstić information content (AvgIpc) is 3.79. The first-order valence-corrected chi connectivity index (χ1v) is 21.0. The van der Waals surface area contributed by atoms with E-state index in [0.717, 1.165) is 29.9 Å². The maximum absolute atomic E-state index is 14.7. The van der Waals surface area contributed by atoms with Gasteiger partial charge in [-0.25, -0.2) is 17.2 Å². The van der Waals surface area contributed by atoms with Gasteiger partial charge in [0.25, 0.3) is 10.0 Å². The van der Waals surface area contributed by atoms with E-state index in [4.69, 9.17) is 9.47 Å². The minimum Gasteiger partial charge on any atom is -0.497 e. The van der Waals surface area contributed by atoms with Gasteiger partial charge in [-0.05, 0) is 97.9 Å². The molecule has 288 valence electrons. The van der Waals surface area contributed by atoms with Crippen LogP contribution < -0.4 is 9.47 Å². The number of ether oxygens (including phenoxy) is 2.